The fourth-order valence-corrected chi connectivity index (χ4v) is 3.52. The van der Waals surface area contributed by atoms with Crippen LogP contribution in [0.5, 0.6) is 0 Å². The van der Waals surface area contributed by atoms with Crippen molar-refractivity contribution in [1.82, 2.24) is 10.2 Å². The van der Waals surface area contributed by atoms with Crippen LogP contribution in [0.1, 0.15) is 28.8 Å². The number of amides is 3. The summed E-state index contributed by atoms with van der Waals surface area (Å²) >= 11 is 0. The number of nitrogens with zero attached hydrogens (tertiary/aromatic N) is 1. The molecule has 3 amide bonds. The van der Waals surface area contributed by atoms with Gasteiger partial charge >= 0.3 is 0 Å². The number of hydrogen-bond acceptors (Lipinski definition) is 5. The van der Waals surface area contributed by atoms with Crippen molar-refractivity contribution in [2.24, 2.45) is 0 Å². The Morgan fingerprint density at radius 2 is 1.96 bits per heavy atom. The molecule has 9 heteroatoms. The van der Waals surface area contributed by atoms with E-state index in [1.807, 2.05) is 0 Å². The molecule has 23 heavy (non-hydrogen) atoms. The lowest BCUT2D eigenvalue weighted by atomic mass is 10.0. The van der Waals surface area contributed by atoms with Crippen molar-refractivity contribution in [1.29, 1.82) is 0 Å². The number of imide groups is 1. The smallest absolute Gasteiger partial charge is 0.258 e. The summed E-state index contributed by atoms with van der Waals surface area (Å²) in [5.74, 6) is -2.62. The fraction of sp³-hybridized carbons (Fsp3) is 0.357. The number of hydrogen-bond donors (Lipinski definition) is 1. The van der Waals surface area contributed by atoms with Crippen molar-refractivity contribution in [2.45, 2.75) is 30.3 Å². The highest BCUT2D eigenvalue weighted by Crippen LogP contribution is 2.31. The fourth-order valence-electron chi connectivity index (χ4n) is 2.84. The second-order valence-electron chi connectivity index (χ2n) is 5.61. The van der Waals surface area contributed by atoms with E-state index >= 15 is 0 Å². The molecular weight excluding hydrogens is 327 g/mol. The molecule has 1 aromatic carbocycles. The van der Waals surface area contributed by atoms with E-state index in [0.717, 1.165) is 12.3 Å². The molecule has 1 N–H and O–H groups in total. The first-order chi connectivity index (χ1) is 10.7. The van der Waals surface area contributed by atoms with Gasteiger partial charge in [-0.2, -0.15) is 0 Å². The first-order valence-electron chi connectivity index (χ1n) is 6.85. The monoisotopic (exact) mass is 340 g/mol. The lowest BCUT2D eigenvalue weighted by Crippen LogP contribution is -2.52. The molecule has 0 saturated carbocycles. The number of benzene rings is 1. The van der Waals surface area contributed by atoms with Crippen LogP contribution in [-0.4, -0.2) is 43.3 Å². The van der Waals surface area contributed by atoms with Crippen LogP contribution in [0, 0.1) is 5.82 Å². The summed E-state index contributed by atoms with van der Waals surface area (Å²) in [6.45, 7) is -0.0687. The van der Waals surface area contributed by atoms with Gasteiger partial charge in [0.05, 0.1) is 10.5 Å². The summed E-state index contributed by atoms with van der Waals surface area (Å²) in [5.41, 5.74) is 0.00206. The highest BCUT2D eigenvalue weighted by Gasteiger charge is 2.40. The molecule has 2 aliphatic heterocycles. The Hall–Kier alpha value is -2.29. The van der Waals surface area contributed by atoms with E-state index in [2.05, 4.69) is 5.32 Å². The minimum Gasteiger partial charge on any atom is -0.322 e. The highest BCUT2D eigenvalue weighted by atomic mass is 32.2. The van der Waals surface area contributed by atoms with E-state index in [1.165, 1.54) is 11.0 Å². The molecular formula is C14H13FN2O5S. The number of halogens is 1. The number of sulfone groups is 1. The van der Waals surface area contributed by atoms with Crippen molar-refractivity contribution in [3.05, 3.63) is 29.1 Å². The molecule has 1 aromatic rings. The number of carbonyl (C=O) groups excluding carboxylic acids is 3. The van der Waals surface area contributed by atoms with Crippen molar-refractivity contribution >= 4 is 27.6 Å². The Labute approximate surface area is 131 Å². The molecule has 122 valence electrons. The van der Waals surface area contributed by atoms with Crippen LogP contribution < -0.4 is 5.32 Å². The van der Waals surface area contributed by atoms with Gasteiger partial charge in [0.25, 0.3) is 5.91 Å². The highest BCUT2D eigenvalue weighted by molar-refractivity contribution is 7.90. The Bertz CT molecular complexity index is 849. The molecule has 0 aromatic heterocycles. The van der Waals surface area contributed by atoms with Gasteiger partial charge in [0.15, 0.2) is 9.84 Å². The van der Waals surface area contributed by atoms with Crippen LogP contribution in [0.2, 0.25) is 0 Å². The maximum absolute atomic E-state index is 14.2. The van der Waals surface area contributed by atoms with Crippen molar-refractivity contribution in [2.75, 3.05) is 6.26 Å². The first kappa shape index (κ1) is 15.6. The summed E-state index contributed by atoms with van der Waals surface area (Å²) in [6, 6.07) is 1.19. The lowest BCUT2D eigenvalue weighted by Gasteiger charge is -2.29. The molecule has 0 bridgehead atoms. The van der Waals surface area contributed by atoms with Crippen LogP contribution in [0.25, 0.3) is 0 Å². The topological polar surface area (TPSA) is 101 Å². The maximum Gasteiger partial charge on any atom is 0.258 e. The number of carbonyl (C=O) groups is 3. The van der Waals surface area contributed by atoms with Crippen LogP contribution in [0.15, 0.2) is 17.0 Å². The molecule has 0 aliphatic carbocycles. The minimum absolute atomic E-state index is 0.0687. The van der Waals surface area contributed by atoms with Gasteiger partial charge in [-0.1, -0.05) is 0 Å². The molecule has 3 rings (SSSR count). The normalized spacial score (nSPS) is 21.4. The molecule has 1 fully saturated rings. The largest absolute Gasteiger partial charge is 0.322 e. The molecule has 0 spiro atoms. The zero-order valence-electron chi connectivity index (χ0n) is 12.1. The number of piperidine rings is 1. The van der Waals surface area contributed by atoms with Crippen molar-refractivity contribution in [3.8, 4) is 0 Å². The van der Waals surface area contributed by atoms with Crippen LogP contribution in [0.4, 0.5) is 4.39 Å². The zero-order chi connectivity index (χ0) is 16.9. The third-order valence-electron chi connectivity index (χ3n) is 3.98. The Morgan fingerprint density at radius 3 is 2.57 bits per heavy atom. The van der Waals surface area contributed by atoms with E-state index in [1.54, 1.807) is 0 Å². The average molecular weight is 340 g/mol. The first-order valence-corrected chi connectivity index (χ1v) is 8.75. The molecule has 1 atom stereocenters. The van der Waals surface area contributed by atoms with E-state index in [-0.39, 0.29) is 35.4 Å². The Balaban J connectivity index is 1.98. The second-order valence-corrected chi connectivity index (χ2v) is 7.63. The third-order valence-corrected chi connectivity index (χ3v) is 5.07. The summed E-state index contributed by atoms with van der Waals surface area (Å²) in [7, 11) is -3.62. The summed E-state index contributed by atoms with van der Waals surface area (Å²) in [4.78, 5) is 36.4. The van der Waals surface area contributed by atoms with Gasteiger partial charge in [0, 0.05) is 19.2 Å². The number of rotatable bonds is 2. The summed E-state index contributed by atoms with van der Waals surface area (Å²) in [6.07, 6.45) is 1.20. The maximum atomic E-state index is 14.2. The average Bonchev–Trinajstić information content (AvgIpc) is 2.75. The Kier molecular flexibility index (Phi) is 3.47. The molecule has 2 aliphatic rings. The predicted octanol–water partition coefficient (Wildman–Crippen LogP) is -0.00980. The van der Waals surface area contributed by atoms with Crippen LogP contribution in [-0.2, 0) is 26.0 Å². The number of fused-ring (bicyclic) bond motifs is 1. The van der Waals surface area contributed by atoms with Gasteiger partial charge in [-0.05, 0) is 24.1 Å². The molecule has 2 heterocycles. The zero-order valence-corrected chi connectivity index (χ0v) is 12.9. The molecule has 0 radical (unpaired) electrons. The second kappa shape index (κ2) is 5.12. The minimum atomic E-state index is -3.62. The molecule has 1 unspecified atom stereocenters. The Morgan fingerprint density at radius 1 is 1.26 bits per heavy atom. The van der Waals surface area contributed by atoms with Gasteiger partial charge in [-0.3, -0.25) is 19.7 Å². The molecule has 7 nitrogen and oxygen atoms in total. The summed E-state index contributed by atoms with van der Waals surface area (Å²) < 4.78 is 37.3. The van der Waals surface area contributed by atoms with E-state index < -0.39 is 39.4 Å². The third kappa shape index (κ3) is 2.61. The van der Waals surface area contributed by atoms with Crippen LogP contribution >= 0.6 is 0 Å². The SMILES string of the molecule is CS(=O)(=O)c1cc(F)c2c(c1)CN(C1CCC(=O)NC1=O)C2=O. The van der Waals surface area contributed by atoms with Crippen molar-refractivity contribution < 1.29 is 27.2 Å². The summed E-state index contributed by atoms with van der Waals surface area (Å²) in [5, 5.41) is 2.14. The van der Waals surface area contributed by atoms with Gasteiger partial charge in [-0.25, -0.2) is 12.8 Å². The molecule has 1 saturated heterocycles. The van der Waals surface area contributed by atoms with Gasteiger partial charge < -0.3 is 4.90 Å². The van der Waals surface area contributed by atoms with Gasteiger partial charge in [-0.15, -0.1) is 0 Å². The van der Waals surface area contributed by atoms with Crippen molar-refractivity contribution in [3.63, 3.8) is 0 Å². The van der Waals surface area contributed by atoms with E-state index in [0.29, 0.717) is 0 Å². The predicted molar refractivity (Wildman–Crippen MR) is 75.6 cm³/mol. The van der Waals surface area contributed by atoms with Crippen LogP contribution in [0.3, 0.4) is 0 Å². The van der Waals surface area contributed by atoms with Gasteiger partial charge in [0.2, 0.25) is 11.8 Å². The standard InChI is InChI=1S/C14H13FN2O5S/c1-23(21,22)8-4-7-6-17(14(20)12(7)9(15)5-8)10-2-3-11(18)16-13(10)19/h4-5,10H,2-3,6H2,1H3,(H,16,18,19). The number of nitrogens with one attached hydrogen (secondary N) is 1. The lowest BCUT2D eigenvalue weighted by molar-refractivity contribution is -0.136. The quantitative estimate of drug-likeness (QED) is 0.763. The van der Waals surface area contributed by atoms with E-state index in [4.69, 9.17) is 0 Å². The van der Waals surface area contributed by atoms with E-state index in [9.17, 15) is 27.2 Å². The van der Waals surface area contributed by atoms with Gasteiger partial charge in [0.1, 0.15) is 11.9 Å².